The van der Waals surface area contributed by atoms with Gasteiger partial charge in [0, 0.05) is 30.6 Å². The van der Waals surface area contributed by atoms with Crippen molar-refractivity contribution in [1.82, 2.24) is 5.32 Å². The van der Waals surface area contributed by atoms with Crippen molar-refractivity contribution in [3.8, 4) is 0 Å². The van der Waals surface area contributed by atoms with E-state index in [4.69, 9.17) is 9.84 Å². The Bertz CT molecular complexity index is 467. The fraction of sp³-hybridized carbons (Fsp3) is 0.429. The lowest BCUT2D eigenvalue weighted by Gasteiger charge is -2.03. The van der Waals surface area contributed by atoms with E-state index in [2.05, 4.69) is 5.32 Å². The first-order valence-electron chi connectivity index (χ1n) is 6.44. The molecule has 1 rings (SSSR count). The highest BCUT2D eigenvalue weighted by Gasteiger charge is 2.03. The number of rotatable bonds is 9. The molecule has 0 radical (unpaired) electrons. The molecule has 0 atom stereocenters. The lowest BCUT2D eigenvalue weighted by molar-refractivity contribution is -0.131. The summed E-state index contributed by atoms with van der Waals surface area (Å²) < 4.78 is 5.16. The van der Waals surface area contributed by atoms with Gasteiger partial charge in [-0.2, -0.15) is 0 Å². The molecule has 0 saturated heterocycles. The van der Waals surface area contributed by atoms with Crippen LogP contribution in [-0.4, -0.2) is 30.2 Å². The maximum atomic E-state index is 11.5. The summed E-state index contributed by atoms with van der Waals surface area (Å²) >= 11 is 1.49. The molecule has 0 saturated carbocycles. The number of carboxylic acid groups (broad SMARTS) is 1. The van der Waals surface area contributed by atoms with Crippen LogP contribution in [0, 0.1) is 0 Å². The van der Waals surface area contributed by atoms with E-state index in [0.29, 0.717) is 26.2 Å². The van der Waals surface area contributed by atoms with Gasteiger partial charge in [0.05, 0.1) is 6.54 Å². The Morgan fingerprint density at radius 3 is 3.00 bits per heavy atom. The summed E-state index contributed by atoms with van der Waals surface area (Å²) in [4.78, 5) is 22.9. The number of hydrogen-bond acceptors (Lipinski definition) is 4. The zero-order valence-corrected chi connectivity index (χ0v) is 12.2. The minimum absolute atomic E-state index is 0.000677. The van der Waals surface area contributed by atoms with Crippen LogP contribution in [0.4, 0.5) is 0 Å². The zero-order valence-electron chi connectivity index (χ0n) is 11.4. The molecular formula is C14H19NO4S. The minimum Gasteiger partial charge on any atom is -0.478 e. The zero-order chi connectivity index (χ0) is 14.8. The summed E-state index contributed by atoms with van der Waals surface area (Å²) in [5.41, 5.74) is 0.831. The van der Waals surface area contributed by atoms with Crippen molar-refractivity contribution in [1.29, 1.82) is 0 Å². The normalized spacial score (nSPS) is 10.8. The average molecular weight is 297 g/mol. The van der Waals surface area contributed by atoms with Crippen LogP contribution < -0.4 is 5.32 Å². The summed E-state index contributed by atoms with van der Waals surface area (Å²) in [6.45, 7) is 3.67. The van der Waals surface area contributed by atoms with Gasteiger partial charge >= 0.3 is 5.97 Å². The molecule has 1 aromatic heterocycles. The van der Waals surface area contributed by atoms with E-state index in [9.17, 15) is 9.59 Å². The van der Waals surface area contributed by atoms with Gasteiger partial charge in [0.2, 0.25) is 5.91 Å². The van der Waals surface area contributed by atoms with Crippen LogP contribution in [0.1, 0.15) is 30.2 Å². The van der Waals surface area contributed by atoms with Crippen molar-refractivity contribution in [2.45, 2.75) is 26.3 Å². The van der Waals surface area contributed by atoms with Gasteiger partial charge in [-0.25, -0.2) is 4.79 Å². The molecule has 1 aromatic rings. The minimum atomic E-state index is -0.972. The number of hydrogen-bond donors (Lipinski definition) is 2. The number of carbonyl (C=O) groups is 2. The Kier molecular flexibility index (Phi) is 7.60. The summed E-state index contributed by atoms with van der Waals surface area (Å²) in [5.74, 6) is -0.971. The summed E-state index contributed by atoms with van der Waals surface area (Å²) in [6.07, 6.45) is 3.80. The summed E-state index contributed by atoms with van der Waals surface area (Å²) in [6, 6.07) is 1.87. The topological polar surface area (TPSA) is 75.6 Å². The SMILES string of the molecule is CCOCCCC(=O)NCc1cc(/C=C/C(=O)O)cs1. The molecule has 0 bridgehead atoms. The van der Waals surface area contributed by atoms with Gasteiger partial charge in [0.15, 0.2) is 0 Å². The lowest BCUT2D eigenvalue weighted by Crippen LogP contribution is -2.22. The Balaban J connectivity index is 2.28. The molecular weight excluding hydrogens is 278 g/mol. The predicted octanol–water partition coefficient (Wildman–Crippen LogP) is 2.28. The molecule has 6 heteroatoms. The van der Waals surface area contributed by atoms with E-state index in [1.807, 2.05) is 18.4 Å². The maximum Gasteiger partial charge on any atom is 0.328 e. The molecule has 20 heavy (non-hydrogen) atoms. The molecule has 1 heterocycles. The molecule has 110 valence electrons. The molecule has 1 amide bonds. The lowest BCUT2D eigenvalue weighted by atomic mass is 10.2. The monoisotopic (exact) mass is 297 g/mol. The maximum absolute atomic E-state index is 11.5. The molecule has 0 fully saturated rings. The van der Waals surface area contributed by atoms with Crippen LogP contribution in [-0.2, 0) is 20.9 Å². The highest BCUT2D eigenvalue weighted by atomic mass is 32.1. The number of thiophene rings is 1. The summed E-state index contributed by atoms with van der Waals surface area (Å²) in [5, 5.41) is 13.2. The summed E-state index contributed by atoms with van der Waals surface area (Å²) in [7, 11) is 0. The van der Waals surface area contributed by atoms with Crippen LogP contribution in [0.5, 0.6) is 0 Å². The molecule has 0 aliphatic carbocycles. The quantitative estimate of drug-likeness (QED) is 0.541. The Morgan fingerprint density at radius 1 is 1.50 bits per heavy atom. The van der Waals surface area contributed by atoms with Crippen molar-refractivity contribution < 1.29 is 19.4 Å². The van der Waals surface area contributed by atoms with Crippen LogP contribution in [0.15, 0.2) is 17.5 Å². The third kappa shape index (κ3) is 7.06. The molecule has 0 aliphatic heterocycles. The van der Waals surface area contributed by atoms with Crippen molar-refractivity contribution in [2.75, 3.05) is 13.2 Å². The van der Waals surface area contributed by atoms with Gasteiger partial charge in [-0.1, -0.05) is 0 Å². The second-order valence-corrected chi connectivity index (χ2v) is 5.09. The molecule has 0 aliphatic rings. The second-order valence-electron chi connectivity index (χ2n) is 4.10. The number of ether oxygens (including phenoxy) is 1. The van der Waals surface area contributed by atoms with Crippen LogP contribution in [0.3, 0.4) is 0 Å². The van der Waals surface area contributed by atoms with E-state index < -0.39 is 5.97 Å². The Hall–Kier alpha value is -1.66. The van der Waals surface area contributed by atoms with E-state index in [-0.39, 0.29) is 5.91 Å². The fourth-order valence-electron chi connectivity index (χ4n) is 1.50. The van der Waals surface area contributed by atoms with E-state index in [1.54, 1.807) is 0 Å². The number of carbonyl (C=O) groups excluding carboxylic acids is 1. The Morgan fingerprint density at radius 2 is 2.30 bits per heavy atom. The number of nitrogens with one attached hydrogen (secondary N) is 1. The van der Waals surface area contributed by atoms with Gasteiger partial charge in [-0.15, -0.1) is 11.3 Å². The van der Waals surface area contributed by atoms with Gasteiger partial charge in [0.25, 0.3) is 0 Å². The van der Waals surface area contributed by atoms with Crippen LogP contribution in [0.2, 0.25) is 0 Å². The van der Waals surface area contributed by atoms with E-state index in [0.717, 1.165) is 22.9 Å². The van der Waals surface area contributed by atoms with E-state index in [1.165, 1.54) is 17.4 Å². The van der Waals surface area contributed by atoms with Crippen LogP contribution >= 0.6 is 11.3 Å². The van der Waals surface area contributed by atoms with Crippen molar-refractivity contribution >= 4 is 29.3 Å². The molecule has 2 N–H and O–H groups in total. The number of carboxylic acids is 1. The molecule has 5 nitrogen and oxygen atoms in total. The standard InChI is InChI=1S/C14H19NO4S/c1-2-19-7-3-4-13(16)15-9-12-8-11(10-20-12)5-6-14(17)18/h5-6,8,10H,2-4,7,9H2,1H3,(H,15,16)(H,17,18)/b6-5+. The number of amides is 1. The number of aliphatic carboxylic acids is 1. The fourth-order valence-corrected chi connectivity index (χ4v) is 2.29. The van der Waals surface area contributed by atoms with Gasteiger partial charge in [-0.3, -0.25) is 4.79 Å². The first-order chi connectivity index (χ1) is 9.61. The second kappa shape index (κ2) is 9.28. The Labute approximate surface area is 122 Å². The average Bonchev–Trinajstić information content (AvgIpc) is 2.87. The third-order valence-electron chi connectivity index (χ3n) is 2.45. The van der Waals surface area contributed by atoms with E-state index >= 15 is 0 Å². The third-order valence-corrected chi connectivity index (χ3v) is 3.40. The van der Waals surface area contributed by atoms with Gasteiger partial charge in [0.1, 0.15) is 0 Å². The molecule has 0 spiro atoms. The van der Waals surface area contributed by atoms with Crippen molar-refractivity contribution in [2.24, 2.45) is 0 Å². The van der Waals surface area contributed by atoms with Gasteiger partial charge in [-0.05, 0) is 36.4 Å². The van der Waals surface area contributed by atoms with Crippen LogP contribution in [0.25, 0.3) is 6.08 Å². The smallest absolute Gasteiger partial charge is 0.328 e. The first-order valence-corrected chi connectivity index (χ1v) is 7.32. The highest BCUT2D eigenvalue weighted by molar-refractivity contribution is 7.10. The largest absolute Gasteiger partial charge is 0.478 e. The first kappa shape index (κ1) is 16.4. The highest BCUT2D eigenvalue weighted by Crippen LogP contribution is 2.15. The molecule has 0 aromatic carbocycles. The van der Waals surface area contributed by atoms with Crippen molar-refractivity contribution in [3.63, 3.8) is 0 Å². The van der Waals surface area contributed by atoms with Gasteiger partial charge < -0.3 is 15.2 Å². The molecule has 0 unspecified atom stereocenters. The van der Waals surface area contributed by atoms with Crippen molar-refractivity contribution in [3.05, 3.63) is 28.0 Å². The predicted molar refractivity (Wildman–Crippen MR) is 78.6 cm³/mol.